The normalized spacial score (nSPS) is 14.8. The molecule has 0 fully saturated rings. The Morgan fingerprint density at radius 1 is 1.31 bits per heavy atom. The molecule has 0 unspecified atom stereocenters. The van der Waals surface area contributed by atoms with E-state index in [9.17, 15) is 18.5 Å². The number of nitro benzene ring substituents is 1. The zero-order chi connectivity index (χ0) is 11.9. The van der Waals surface area contributed by atoms with Gasteiger partial charge in [-0.15, -0.1) is 0 Å². The summed E-state index contributed by atoms with van der Waals surface area (Å²) in [6.45, 7) is 0. The van der Waals surface area contributed by atoms with Gasteiger partial charge in [0.25, 0.3) is 5.69 Å². The Morgan fingerprint density at radius 3 is 2.56 bits per heavy atom. The molecule has 0 spiro atoms. The summed E-state index contributed by atoms with van der Waals surface area (Å²) in [5.41, 5.74) is 0.925. The van der Waals surface area contributed by atoms with E-state index in [1.807, 2.05) is 0 Å². The minimum Gasteiger partial charge on any atom is -0.258 e. The molecule has 1 aliphatic carbocycles. The van der Waals surface area contributed by atoms with Gasteiger partial charge in [-0.1, -0.05) is 6.07 Å². The molecule has 0 aliphatic heterocycles. The van der Waals surface area contributed by atoms with E-state index in [2.05, 4.69) is 0 Å². The molecule has 6 nitrogen and oxygen atoms in total. The number of fused-ring (bicyclic) bond motifs is 1. The summed E-state index contributed by atoms with van der Waals surface area (Å²) in [7, 11) is -4.05. The summed E-state index contributed by atoms with van der Waals surface area (Å²) < 4.78 is 22.8. The number of benzene rings is 1. The summed E-state index contributed by atoms with van der Waals surface area (Å²) in [6, 6.07) is 2.82. The Labute approximate surface area is 92.3 Å². The van der Waals surface area contributed by atoms with Gasteiger partial charge < -0.3 is 0 Å². The first kappa shape index (κ1) is 11.0. The SMILES string of the molecule is NS(=O)(=O)c1c([N+](=O)[O-])ccc2c1CCC2. The lowest BCUT2D eigenvalue weighted by atomic mass is 10.1. The van der Waals surface area contributed by atoms with Gasteiger partial charge in [-0.3, -0.25) is 10.1 Å². The molecule has 2 N–H and O–H groups in total. The van der Waals surface area contributed by atoms with Crippen LogP contribution in [0.2, 0.25) is 0 Å². The molecule has 0 atom stereocenters. The Hall–Kier alpha value is -1.47. The highest BCUT2D eigenvalue weighted by molar-refractivity contribution is 7.89. The van der Waals surface area contributed by atoms with Crippen LogP contribution in [0.25, 0.3) is 0 Å². The van der Waals surface area contributed by atoms with Gasteiger partial charge in [0.05, 0.1) is 4.92 Å². The van der Waals surface area contributed by atoms with Crippen molar-refractivity contribution in [3.8, 4) is 0 Å². The van der Waals surface area contributed by atoms with Crippen LogP contribution >= 0.6 is 0 Å². The topological polar surface area (TPSA) is 103 Å². The van der Waals surface area contributed by atoms with Gasteiger partial charge >= 0.3 is 0 Å². The zero-order valence-electron chi connectivity index (χ0n) is 8.34. The third-order valence-corrected chi connectivity index (χ3v) is 3.72. The Kier molecular flexibility index (Phi) is 2.43. The van der Waals surface area contributed by atoms with Crippen LogP contribution in [-0.2, 0) is 22.9 Å². The molecular weight excluding hydrogens is 232 g/mol. The van der Waals surface area contributed by atoms with Crippen LogP contribution in [-0.4, -0.2) is 13.3 Å². The molecule has 1 aromatic rings. The molecule has 1 aromatic carbocycles. The van der Waals surface area contributed by atoms with Crippen molar-refractivity contribution < 1.29 is 13.3 Å². The maximum Gasteiger partial charge on any atom is 0.289 e. The number of nitrogens with zero attached hydrogens (tertiary/aromatic N) is 1. The first-order chi connectivity index (χ1) is 7.41. The van der Waals surface area contributed by atoms with Crippen molar-refractivity contribution in [3.63, 3.8) is 0 Å². The summed E-state index contributed by atoms with van der Waals surface area (Å²) in [5.74, 6) is 0. The van der Waals surface area contributed by atoms with Gasteiger partial charge in [-0.05, 0) is 30.4 Å². The maximum atomic E-state index is 11.4. The van der Waals surface area contributed by atoms with Crippen molar-refractivity contribution in [1.29, 1.82) is 0 Å². The molecule has 0 aromatic heterocycles. The van der Waals surface area contributed by atoms with E-state index in [4.69, 9.17) is 5.14 Å². The highest BCUT2D eigenvalue weighted by Crippen LogP contribution is 2.34. The molecule has 7 heteroatoms. The third-order valence-electron chi connectivity index (χ3n) is 2.69. The largest absolute Gasteiger partial charge is 0.289 e. The van der Waals surface area contributed by atoms with Crippen LogP contribution in [0.3, 0.4) is 0 Å². The van der Waals surface area contributed by atoms with Crippen LogP contribution in [0.1, 0.15) is 17.5 Å². The number of nitro groups is 1. The average Bonchev–Trinajstić information content (AvgIpc) is 2.61. The molecule has 0 saturated heterocycles. The number of hydrogen-bond donors (Lipinski definition) is 1. The highest BCUT2D eigenvalue weighted by Gasteiger charge is 2.30. The first-order valence-electron chi connectivity index (χ1n) is 4.73. The van der Waals surface area contributed by atoms with Gasteiger partial charge in [0.2, 0.25) is 10.0 Å². The Bertz CT molecular complexity index is 565. The van der Waals surface area contributed by atoms with E-state index >= 15 is 0 Å². The molecule has 16 heavy (non-hydrogen) atoms. The molecule has 86 valence electrons. The fourth-order valence-electron chi connectivity index (χ4n) is 2.08. The molecule has 0 amide bonds. The van der Waals surface area contributed by atoms with Crippen LogP contribution in [0, 0.1) is 10.1 Å². The molecule has 0 radical (unpaired) electrons. The lowest BCUT2D eigenvalue weighted by Crippen LogP contribution is -2.16. The number of aryl methyl sites for hydroxylation is 1. The van der Waals surface area contributed by atoms with E-state index < -0.39 is 20.6 Å². The monoisotopic (exact) mass is 242 g/mol. The maximum absolute atomic E-state index is 11.4. The molecule has 1 aliphatic rings. The van der Waals surface area contributed by atoms with Crippen molar-refractivity contribution in [2.75, 3.05) is 0 Å². The lowest BCUT2D eigenvalue weighted by Gasteiger charge is -2.06. The van der Waals surface area contributed by atoms with Gasteiger partial charge in [-0.2, -0.15) is 0 Å². The zero-order valence-corrected chi connectivity index (χ0v) is 9.16. The standard InChI is InChI=1S/C9H10N2O4S/c10-16(14,15)9-7-3-1-2-6(7)4-5-8(9)11(12)13/h4-5H,1-3H2,(H2,10,14,15). The van der Waals surface area contributed by atoms with E-state index in [1.165, 1.54) is 6.07 Å². The molecule has 2 rings (SSSR count). The number of nitrogens with two attached hydrogens (primary N) is 1. The van der Waals surface area contributed by atoms with Crippen molar-refractivity contribution in [2.45, 2.75) is 24.2 Å². The minimum absolute atomic E-state index is 0.312. The van der Waals surface area contributed by atoms with Crippen LogP contribution < -0.4 is 5.14 Å². The Morgan fingerprint density at radius 2 is 2.00 bits per heavy atom. The number of sulfonamides is 1. The smallest absolute Gasteiger partial charge is 0.258 e. The van der Waals surface area contributed by atoms with Gasteiger partial charge in [0.15, 0.2) is 4.90 Å². The van der Waals surface area contributed by atoms with Crippen molar-refractivity contribution in [1.82, 2.24) is 0 Å². The molecule has 0 bridgehead atoms. The van der Waals surface area contributed by atoms with E-state index in [1.54, 1.807) is 6.07 Å². The summed E-state index contributed by atoms with van der Waals surface area (Å²) in [4.78, 5) is 9.73. The van der Waals surface area contributed by atoms with Crippen molar-refractivity contribution in [2.24, 2.45) is 5.14 Å². The lowest BCUT2D eigenvalue weighted by molar-refractivity contribution is -0.387. The van der Waals surface area contributed by atoms with E-state index in [0.717, 1.165) is 18.4 Å². The summed E-state index contributed by atoms with van der Waals surface area (Å²) in [6.07, 6.45) is 2.08. The first-order valence-corrected chi connectivity index (χ1v) is 6.28. The van der Waals surface area contributed by atoms with Crippen molar-refractivity contribution >= 4 is 15.7 Å². The highest BCUT2D eigenvalue weighted by atomic mass is 32.2. The number of hydrogen-bond acceptors (Lipinski definition) is 4. The third kappa shape index (κ3) is 1.68. The average molecular weight is 242 g/mol. The van der Waals surface area contributed by atoms with Crippen LogP contribution in [0.5, 0.6) is 0 Å². The van der Waals surface area contributed by atoms with Gasteiger partial charge in [-0.25, -0.2) is 13.6 Å². The van der Waals surface area contributed by atoms with Gasteiger partial charge in [0, 0.05) is 6.07 Å². The van der Waals surface area contributed by atoms with E-state index in [0.29, 0.717) is 12.0 Å². The second-order valence-electron chi connectivity index (χ2n) is 3.71. The second-order valence-corrected chi connectivity index (χ2v) is 5.21. The minimum atomic E-state index is -4.05. The molecule has 0 saturated carbocycles. The number of primary sulfonamides is 1. The predicted molar refractivity (Wildman–Crippen MR) is 56.5 cm³/mol. The fraction of sp³-hybridized carbons (Fsp3) is 0.333. The predicted octanol–water partition coefficient (Wildman–Crippen LogP) is 0.731. The Balaban J connectivity index is 2.80. The van der Waals surface area contributed by atoms with Crippen molar-refractivity contribution in [3.05, 3.63) is 33.4 Å². The molecule has 0 heterocycles. The summed E-state index contributed by atoms with van der Waals surface area (Å²) >= 11 is 0. The van der Waals surface area contributed by atoms with E-state index in [-0.39, 0.29) is 4.90 Å². The van der Waals surface area contributed by atoms with Crippen LogP contribution in [0.15, 0.2) is 17.0 Å². The quantitative estimate of drug-likeness (QED) is 0.609. The van der Waals surface area contributed by atoms with Crippen LogP contribution in [0.4, 0.5) is 5.69 Å². The molecular formula is C9H10N2O4S. The number of rotatable bonds is 2. The fourth-order valence-corrected chi connectivity index (χ4v) is 3.09. The summed E-state index contributed by atoms with van der Waals surface area (Å²) in [5, 5.41) is 15.8. The second kappa shape index (κ2) is 3.53. The van der Waals surface area contributed by atoms with Gasteiger partial charge in [0.1, 0.15) is 0 Å².